The van der Waals surface area contributed by atoms with E-state index in [0.29, 0.717) is 29.8 Å². The van der Waals surface area contributed by atoms with Crippen LogP contribution in [-0.2, 0) is 4.84 Å². The van der Waals surface area contributed by atoms with E-state index in [1.807, 2.05) is 6.08 Å². The number of fused-ring (bicyclic) bond motifs is 3. The van der Waals surface area contributed by atoms with Crippen molar-refractivity contribution in [1.29, 1.82) is 0 Å². The van der Waals surface area contributed by atoms with Gasteiger partial charge in [0.15, 0.2) is 5.75 Å². The lowest BCUT2D eigenvalue weighted by Crippen LogP contribution is -2.62. The Hall–Kier alpha value is -2.05. The zero-order valence-corrected chi connectivity index (χ0v) is 13.9. The Bertz CT molecular complexity index is 613. The minimum absolute atomic E-state index is 0.00811. The molecule has 3 fully saturated rings. The molecule has 1 amide bonds. The van der Waals surface area contributed by atoms with Gasteiger partial charge in [0.2, 0.25) is 0 Å². The molecule has 2 bridgehead atoms. The molecular formula is C18H23N3O3. The number of hydroxylamine groups is 2. The third-order valence-corrected chi connectivity index (χ3v) is 5.33. The molecule has 5 rings (SSSR count). The van der Waals surface area contributed by atoms with Crippen LogP contribution in [0.2, 0.25) is 0 Å². The fraction of sp³-hybridized carbons (Fsp3) is 0.500. The van der Waals surface area contributed by atoms with Gasteiger partial charge in [-0.15, -0.1) is 0 Å². The summed E-state index contributed by atoms with van der Waals surface area (Å²) in [7, 11) is 0. The molecule has 3 saturated heterocycles. The Morgan fingerprint density at radius 2 is 2.00 bits per heavy atom. The van der Waals surface area contributed by atoms with Gasteiger partial charge < -0.3 is 15.0 Å². The summed E-state index contributed by atoms with van der Waals surface area (Å²) < 4.78 is 0. The molecule has 6 heteroatoms. The SMILES string of the molecule is C[C@H]1[C@H](NC(=O)c2ccc(ON3CC=CO3)cc2)C2CCN1CC2. The van der Waals surface area contributed by atoms with Crippen LogP contribution < -0.4 is 10.2 Å². The number of benzene rings is 1. The standard InChI is InChI=1S/C18H23N3O3/c1-13-17(14-7-10-20(13)11-8-14)19-18(22)15-3-5-16(6-4-15)24-21-9-2-12-23-21/h2-6,12-14,17H,7-11H2,1H3,(H,19,22)/t13-,17-/m0/s1. The highest BCUT2D eigenvalue weighted by atomic mass is 16.9. The van der Waals surface area contributed by atoms with Gasteiger partial charge in [-0.05, 0) is 69.1 Å². The zero-order valence-electron chi connectivity index (χ0n) is 13.9. The monoisotopic (exact) mass is 329 g/mol. The van der Waals surface area contributed by atoms with Crippen molar-refractivity contribution in [3.8, 4) is 5.75 Å². The van der Waals surface area contributed by atoms with Crippen LogP contribution in [0.5, 0.6) is 5.75 Å². The Balaban J connectivity index is 1.37. The first-order valence-corrected chi connectivity index (χ1v) is 8.63. The first-order valence-electron chi connectivity index (χ1n) is 8.63. The molecule has 1 aromatic rings. The van der Waals surface area contributed by atoms with Gasteiger partial charge in [0.05, 0.1) is 6.54 Å². The number of carbonyl (C=O) groups is 1. The number of carbonyl (C=O) groups excluding carboxylic acids is 1. The molecule has 0 saturated carbocycles. The van der Waals surface area contributed by atoms with Crippen molar-refractivity contribution in [1.82, 2.24) is 15.4 Å². The van der Waals surface area contributed by atoms with Crippen molar-refractivity contribution in [2.45, 2.75) is 31.8 Å². The van der Waals surface area contributed by atoms with Gasteiger partial charge >= 0.3 is 0 Å². The lowest BCUT2D eigenvalue weighted by atomic mass is 9.79. The quantitative estimate of drug-likeness (QED) is 0.915. The number of hydrogen-bond acceptors (Lipinski definition) is 5. The number of rotatable bonds is 4. The van der Waals surface area contributed by atoms with Gasteiger partial charge in [-0.1, -0.05) is 0 Å². The normalized spacial score (nSPS) is 31.7. The highest BCUT2D eigenvalue weighted by Gasteiger charge is 2.40. The van der Waals surface area contributed by atoms with E-state index in [0.717, 1.165) is 13.1 Å². The molecule has 4 heterocycles. The Labute approximate surface area is 141 Å². The van der Waals surface area contributed by atoms with Crippen LogP contribution in [0, 0.1) is 5.92 Å². The van der Waals surface area contributed by atoms with Crippen molar-refractivity contribution in [3.05, 3.63) is 42.2 Å². The molecule has 24 heavy (non-hydrogen) atoms. The summed E-state index contributed by atoms with van der Waals surface area (Å²) in [6, 6.07) is 7.83. The fourth-order valence-corrected chi connectivity index (χ4v) is 3.91. The van der Waals surface area contributed by atoms with Crippen molar-refractivity contribution in [3.63, 3.8) is 0 Å². The Morgan fingerprint density at radius 1 is 1.25 bits per heavy atom. The van der Waals surface area contributed by atoms with E-state index >= 15 is 0 Å². The third kappa shape index (κ3) is 2.99. The van der Waals surface area contributed by atoms with Crippen molar-refractivity contribution in [2.24, 2.45) is 5.92 Å². The fourth-order valence-electron chi connectivity index (χ4n) is 3.91. The average Bonchev–Trinajstić information content (AvgIpc) is 3.12. The van der Waals surface area contributed by atoms with E-state index in [-0.39, 0.29) is 11.9 Å². The van der Waals surface area contributed by atoms with Crippen LogP contribution in [-0.4, -0.2) is 47.8 Å². The second kappa shape index (κ2) is 6.45. The van der Waals surface area contributed by atoms with E-state index in [1.54, 1.807) is 30.5 Å². The van der Waals surface area contributed by atoms with Crippen LogP contribution in [0.1, 0.15) is 30.1 Å². The number of amides is 1. The first kappa shape index (κ1) is 15.5. The van der Waals surface area contributed by atoms with Gasteiger partial charge in [0.25, 0.3) is 5.91 Å². The molecule has 0 aromatic heterocycles. The van der Waals surface area contributed by atoms with E-state index in [1.165, 1.54) is 18.1 Å². The van der Waals surface area contributed by atoms with Crippen molar-refractivity contribution < 1.29 is 14.5 Å². The molecule has 128 valence electrons. The molecular weight excluding hydrogens is 306 g/mol. The molecule has 0 unspecified atom stereocenters. The summed E-state index contributed by atoms with van der Waals surface area (Å²) in [4.78, 5) is 25.7. The maximum atomic E-state index is 12.6. The summed E-state index contributed by atoms with van der Waals surface area (Å²) in [5.74, 6) is 1.24. The molecule has 1 aromatic carbocycles. The van der Waals surface area contributed by atoms with Crippen LogP contribution in [0.25, 0.3) is 0 Å². The van der Waals surface area contributed by atoms with E-state index in [4.69, 9.17) is 9.68 Å². The van der Waals surface area contributed by atoms with Crippen LogP contribution >= 0.6 is 0 Å². The second-order valence-electron chi connectivity index (χ2n) is 6.72. The van der Waals surface area contributed by atoms with Gasteiger partial charge in [-0.25, -0.2) is 0 Å². The lowest BCUT2D eigenvalue weighted by Gasteiger charge is -2.49. The highest BCUT2D eigenvalue weighted by molar-refractivity contribution is 5.94. The molecule has 0 radical (unpaired) electrons. The van der Waals surface area contributed by atoms with Gasteiger partial charge in [0, 0.05) is 22.9 Å². The first-order chi connectivity index (χ1) is 11.7. The minimum Gasteiger partial charge on any atom is -0.379 e. The Kier molecular flexibility index (Phi) is 4.16. The summed E-state index contributed by atoms with van der Waals surface area (Å²) in [5, 5.41) is 4.62. The van der Waals surface area contributed by atoms with E-state index in [2.05, 4.69) is 17.1 Å². The molecule has 6 nitrogen and oxygen atoms in total. The van der Waals surface area contributed by atoms with E-state index < -0.39 is 0 Å². The predicted molar refractivity (Wildman–Crippen MR) is 89.0 cm³/mol. The number of nitrogens with one attached hydrogen (secondary N) is 1. The van der Waals surface area contributed by atoms with Gasteiger partial charge in [-0.3, -0.25) is 9.69 Å². The predicted octanol–water partition coefficient (Wildman–Crippen LogP) is 1.95. The summed E-state index contributed by atoms with van der Waals surface area (Å²) in [6.07, 6.45) is 5.81. The summed E-state index contributed by atoms with van der Waals surface area (Å²) in [6.45, 7) is 5.13. The molecule has 0 spiro atoms. The van der Waals surface area contributed by atoms with Crippen LogP contribution in [0.4, 0.5) is 0 Å². The number of hydrogen-bond donors (Lipinski definition) is 1. The molecule has 4 aliphatic heterocycles. The van der Waals surface area contributed by atoms with Gasteiger partial charge in [-0.2, -0.15) is 0 Å². The topological polar surface area (TPSA) is 54.0 Å². The third-order valence-electron chi connectivity index (χ3n) is 5.33. The number of piperidine rings is 3. The Morgan fingerprint density at radius 3 is 2.62 bits per heavy atom. The minimum atomic E-state index is -0.00811. The van der Waals surface area contributed by atoms with Crippen LogP contribution in [0.15, 0.2) is 36.6 Å². The van der Waals surface area contributed by atoms with Crippen LogP contribution in [0.3, 0.4) is 0 Å². The lowest BCUT2D eigenvalue weighted by molar-refractivity contribution is -0.266. The highest BCUT2D eigenvalue weighted by Crippen LogP contribution is 2.32. The molecule has 2 atom stereocenters. The molecule has 0 aliphatic carbocycles. The van der Waals surface area contributed by atoms with Crippen molar-refractivity contribution >= 4 is 5.91 Å². The molecule has 1 N–H and O–H groups in total. The summed E-state index contributed by atoms with van der Waals surface area (Å²) >= 11 is 0. The maximum absolute atomic E-state index is 12.6. The second-order valence-corrected chi connectivity index (χ2v) is 6.72. The van der Waals surface area contributed by atoms with E-state index in [9.17, 15) is 4.79 Å². The van der Waals surface area contributed by atoms with Crippen molar-refractivity contribution in [2.75, 3.05) is 19.6 Å². The maximum Gasteiger partial charge on any atom is 0.251 e. The smallest absolute Gasteiger partial charge is 0.251 e. The summed E-state index contributed by atoms with van der Waals surface area (Å²) in [5.41, 5.74) is 0.659. The number of nitrogens with zero attached hydrogens (tertiary/aromatic N) is 2. The largest absolute Gasteiger partial charge is 0.379 e. The average molecular weight is 329 g/mol. The molecule has 4 aliphatic rings. The van der Waals surface area contributed by atoms with Gasteiger partial charge in [0.1, 0.15) is 6.26 Å². The zero-order chi connectivity index (χ0) is 16.5.